The maximum absolute atomic E-state index is 7.37. The minimum absolute atomic E-state index is 0.0946. The van der Waals surface area contributed by atoms with Crippen molar-refractivity contribution < 1.29 is 4.42 Å². The first kappa shape index (κ1) is 11.9. The first-order valence-electron chi connectivity index (χ1n) is 4.67. The van der Waals surface area contributed by atoms with E-state index in [0.717, 1.165) is 5.69 Å². The molecule has 7 heteroatoms. The van der Waals surface area contributed by atoms with Gasteiger partial charge in [0.1, 0.15) is 17.1 Å². The first-order chi connectivity index (χ1) is 8.08. The minimum Gasteiger partial charge on any atom is -0.439 e. The number of aromatic nitrogens is 2. The predicted molar refractivity (Wildman–Crippen MR) is 65.6 cm³/mol. The lowest BCUT2D eigenvalue weighted by molar-refractivity contribution is 0.454. The fourth-order valence-electron chi connectivity index (χ4n) is 1.17. The Labute approximate surface area is 107 Å². The lowest BCUT2D eigenvalue weighted by Crippen LogP contribution is -2.12. The van der Waals surface area contributed by atoms with Gasteiger partial charge in [-0.15, -0.1) is 0 Å². The second-order valence-corrected chi connectivity index (χ2v) is 4.57. The Morgan fingerprint density at radius 2 is 2.35 bits per heavy atom. The zero-order valence-electron chi connectivity index (χ0n) is 8.90. The highest BCUT2D eigenvalue weighted by molar-refractivity contribution is 7.99. The van der Waals surface area contributed by atoms with Crippen LogP contribution in [0.4, 0.5) is 0 Å². The molecule has 2 rings (SSSR count). The van der Waals surface area contributed by atoms with Crippen molar-refractivity contribution in [1.82, 2.24) is 9.97 Å². The van der Waals surface area contributed by atoms with Crippen LogP contribution in [0.3, 0.4) is 0 Å². The molecule has 2 aromatic heterocycles. The summed E-state index contributed by atoms with van der Waals surface area (Å²) in [4.78, 5) is 8.24. The SMILES string of the molecule is Cc1coc(Sc2nccc(C(=N)N)c2Cl)n1. The summed E-state index contributed by atoms with van der Waals surface area (Å²) in [5.41, 5.74) is 6.64. The normalized spacial score (nSPS) is 10.5. The minimum atomic E-state index is -0.0946. The van der Waals surface area contributed by atoms with E-state index in [1.165, 1.54) is 11.8 Å². The van der Waals surface area contributed by atoms with E-state index in [9.17, 15) is 0 Å². The van der Waals surface area contributed by atoms with Gasteiger partial charge in [0.2, 0.25) is 0 Å². The first-order valence-corrected chi connectivity index (χ1v) is 5.86. The average molecular weight is 269 g/mol. The Hall–Kier alpha value is -1.53. The van der Waals surface area contributed by atoms with Gasteiger partial charge in [0.05, 0.1) is 10.7 Å². The molecule has 0 fully saturated rings. The lowest BCUT2D eigenvalue weighted by atomic mass is 10.2. The molecular weight excluding hydrogens is 260 g/mol. The number of pyridine rings is 1. The molecule has 0 atom stereocenters. The molecule has 2 aromatic rings. The fraction of sp³-hybridized carbons (Fsp3) is 0.100. The Kier molecular flexibility index (Phi) is 3.35. The number of nitrogens with zero attached hydrogens (tertiary/aromatic N) is 2. The Bertz CT molecular complexity index is 569. The summed E-state index contributed by atoms with van der Waals surface area (Å²) in [6.07, 6.45) is 3.09. The number of nitrogens with two attached hydrogens (primary N) is 1. The van der Waals surface area contributed by atoms with E-state index in [2.05, 4.69) is 9.97 Å². The maximum Gasteiger partial charge on any atom is 0.262 e. The van der Waals surface area contributed by atoms with Crippen LogP contribution < -0.4 is 5.73 Å². The number of aryl methyl sites for hydroxylation is 1. The molecule has 0 aliphatic carbocycles. The topological polar surface area (TPSA) is 88.8 Å². The number of hydrogen-bond donors (Lipinski definition) is 2. The molecule has 3 N–H and O–H groups in total. The van der Waals surface area contributed by atoms with Gasteiger partial charge in [0.15, 0.2) is 0 Å². The summed E-state index contributed by atoms with van der Waals surface area (Å²) in [6.45, 7) is 1.83. The van der Waals surface area contributed by atoms with Crippen LogP contribution >= 0.6 is 23.4 Å². The Balaban J connectivity index is 2.33. The van der Waals surface area contributed by atoms with E-state index in [4.69, 9.17) is 27.2 Å². The number of hydrogen-bond acceptors (Lipinski definition) is 5. The number of oxazole rings is 1. The quantitative estimate of drug-likeness (QED) is 0.659. The van der Waals surface area contributed by atoms with Crippen LogP contribution in [0.15, 0.2) is 33.2 Å². The van der Waals surface area contributed by atoms with Crippen molar-refractivity contribution in [1.29, 1.82) is 5.41 Å². The van der Waals surface area contributed by atoms with Crippen LogP contribution in [0, 0.1) is 12.3 Å². The van der Waals surface area contributed by atoms with Crippen LogP contribution in [0.5, 0.6) is 0 Å². The molecule has 0 aliphatic rings. The molecule has 0 aliphatic heterocycles. The molecule has 0 spiro atoms. The summed E-state index contributed by atoms with van der Waals surface area (Å²) < 4.78 is 5.19. The van der Waals surface area contributed by atoms with Crippen molar-refractivity contribution in [3.8, 4) is 0 Å². The van der Waals surface area contributed by atoms with Crippen molar-refractivity contribution >= 4 is 29.2 Å². The fourth-order valence-corrected chi connectivity index (χ4v) is 2.26. The van der Waals surface area contributed by atoms with Gasteiger partial charge in [-0.1, -0.05) is 11.6 Å². The Morgan fingerprint density at radius 3 is 2.94 bits per heavy atom. The third kappa shape index (κ3) is 2.59. The van der Waals surface area contributed by atoms with E-state index in [1.54, 1.807) is 18.5 Å². The maximum atomic E-state index is 7.37. The molecule has 0 bridgehead atoms. The van der Waals surface area contributed by atoms with Crippen molar-refractivity contribution in [3.63, 3.8) is 0 Å². The van der Waals surface area contributed by atoms with Crippen molar-refractivity contribution in [2.75, 3.05) is 0 Å². The predicted octanol–water partition coefficient (Wildman–Crippen LogP) is 2.47. The summed E-state index contributed by atoms with van der Waals surface area (Å²) >= 11 is 7.28. The molecule has 0 aromatic carbocycles. The second kappa shape index (κ2) is 4.77. The van der Waals surface area contributed by atoms with Crippen LogP contribution in [0.2, 0.25) is 5.02 Å². The van der Waals surface area contributed by atoms with Gasteiger partial charge in [0, 0.05) is 11.8 Å². The number of halogens is 1. The van der Waals surface area contributed by atoms with Gasteiger partial charge in [-0.2, -0.15) is 0 Å². The van der Waals surface area contributed by atoms with Crippen LogP contribution in [-0.2, 0) is 0 Å². The van der Waals surface area contributed by atoms with Crippen LogP contribution in [-0.4, -0.2) is 15.8 Å². The highest BCUT2D eigenvalue weighted by atomic mass is 35.5. The van der Waals surface area contributed by atoms with Gasteiger partial charge in [-0.25, -0.2) is 9.97 Å². The zero-order chi connectivity index (χ0) is 12.4. The average Bonchev–Trinajstić information content (AvgIpc) is 2.67. The second-order valence-electron chi connectivity index (χ2n) is 3.25. The summed E-state index contributed by atoms with van der Waals surface area (Å²) in [5, 5.41) is 8.68. The molecule has 5 nitrogen and oxygen atoms in total. The van der Waals surface area contributed by atoms with E-state index in [1.807, 2.05) is 6.92 Å². The van der Waals surface area contributed by atoms with Gasteiger partial charge in [-0.05, 0) is 24.8 Å². The third-order valence-electron chi connectivity index (χ3n) is 1.93. The largest absolute Gasteiger partial charge is 0.439 e. The van der Waals surface area contributed by atoms with E-state index in [-0.39, 0.29) is 5.84 Å². The third-order valence-corrected chi connectivity index (χ3v) is 3.29. The highest BCUT2D eigenvalue weighted by Crippen LogP contribution is 2.32. The number of amidine groups is 1. The van der Waals surface area contributed by atoms with Gasteiger partial charge >= 0.3 is 0 Å². The smallest absolute Gasteiger partial charge is 0.262 e. The van der Waals surface area contributed by atoms with Gasteiger partial charge in [0.25, 0.3) is 5.22 Å². The molecule has 0 radical (unpaired) electrons. The van der Waals surface area contributed by atoms with E-state index >= 15 is 0 Å². The zero-order valence-corrected chi connectivity index (χ0v) is 10.5. The van der Waals surface area contributed by atoms with Crippen LogP contribution in [0.25, 0.3) is 0 Å². The number of rotatable bonds is 3. The van der Waals surface area contributed by atoms with Gasteiger partial charge in [-0.3, -0.25) is 5.41 Å². The molecule has 0 saturated carbocycles. The van der Waals surface area contributed by atoms with Crippen LogP contribution in [0.1, 0.15) is 11.3 Å². The van der Waals surface area contributed by atoms with Crippen molar-refractivity contribution in [2.24, 2.45) is 5.73 Å². The lowest BCUT2D eigenvalue weighted by Gasteiger charge is -2.04. The molecule has 0 amide bonds. The summed E-state index contributed by atoms with van der Waals surface area (Å²) in [5.74, 6) is -0.0946. The van der Waals surface area contributed by atoms with E-state index < -0.39 is 0 Å². The van der Waals surface area contributed by atoms with Crippen molar-refractivity contribution in [2.45, 2.75) is 17.2 Å². The highest BCUT2D eigenvalue weighted by Gasteiger charge is 2.13. The molecule has 2 heterocycles. The monoisotopic (exact) mass is 268 g/mol. The standard InChI is InChI=1S/C10H9ClN4OS/c1-5-4-16-10(15-5)17-9-7(11)6(8(12)13)2-3-14-9/h2-4H,1H3,(H3,12,13). The summed E-state index contributed by atoms with van der Waals surface area (Å²) in [6, 6.07) is 1.59. The van der Waals surface area contributed by atoms with Gasteiger partial charge < -0.3 is 10.2 Å². The molecular formula is C10H9ClN4OS. The van der Waals surface area contributed by atoms with Crippen molar-refractivity contribution in [3.05, 3.63) is 34.8 Å². The Morgan fingerprint density at radius 1 is 1.59 bits per heavy atom. The molecule has 0 unspecified atom stereocenters. The van der Waals surface area contributed by atoms with E-state index in [0.29, 0.717) is 20.8 Å². The number of nitrogens with one attached hydrogen (secondary N) is 1. The number of nitrogen functional groups attached to an aromatic ring is 1. The molecule has 0 saturated heterocycles. The molecule has 88 valence electrons. The summed E-state index contributed by atoms with van der Waals surface area (Å²) in [7, 11) is 0. The molecule has 17 heavy (non-hydrogen) atoms.